The highest BCUT2D eigenvalue weighted by Gasteiger charge is 2.27. The molecule has 0 N–H and O–H groups in total. The quantitative estimate of drug-likeness (QED) is 0.836. The van der Waals surface area contributed by atoms with Gasteiger partial charge in [0.15, 0.2) is 0 Å². The molecule has 118 valence electrons. The average molecular weight is 292 g/mol. The molecule has 0 spiro atoms. The normalized spacial score (nSPS) is 25.3. The van der Waals surface area contributed by atoms with Gasteiger partial charge in [-0.2, -0.15) is 0 Å². The van der Waals surface area contributed by atoms with Crippen LogP contribution in [0.15, 0.2) is 6.20 Å². The summed E-state index contributed by atoms with van der Waals surface area (Å²) in [6, 6.07) is 0.848. The second kappa shape index (κ2) is 7.36. The Labute approximate surface area is 127 Å². The molecule has 0 radical (unpaired) electrons. The van der Waals surface area contributed by atoms with Crippen LogP contribution in [0.1, 0.15) is 50.6 Å². The van der Waals surface area contributed by atoms with E-state index in [1.807, 2.05) is 10.9 Å². The molecule has 2 fully saturated rings. The molecule has 3 rings (SSSR count). The highest BCUT2D eigenvalue weighted by atomic mass is 16.5. The molecule has 1 aromatic heterocycles. The third-order valence-corrected chi connectivity index (χ3v) is 4.97. The van der Waals surface area contributed by atoms with Crippen molar-refractivity contribution in [3.8, 4) is 0 Å². The lowest BCUT2D eigenvalue weighted by molar-refractivity contribution is 0.0908. The zero-order valence-corrected chi connectivity index (χ0v) is 13.2. The summed E-state index contributed by atoms with van der Waals surface area (Å²) in [7, 11) is 1.70. The Morgan fingerprint density at radius 3 is 2.86 bits per heavy atom. The molecule has 1 aromatic rings. The maximum atomic E-state index is 5.10. The molecule has 1 unspecified atom stereocenters. The summed E-state index contributed by atoms with van der Waals surface area (Å²) in [5, 5.41) is 8.39. The maximum absolute atomic E-state index is 5.10. The number of nitrogens with zero attached hydrogens (tertiary/aromatic N) is 4. The van der Waals surface area contributed by atoms with Crippen molar-refractivity contribution in [3.05, 3.63) is 11.9 Å². The minimum atomic E-state index is 0.554. The fraction of sp³-hybridized carbons (Fsp3) is 0.875. The van der Waals surface area contributed by atoms with Gasteiger partial charge in [-0.1, -0.05) is 24.5 Å². The molecule has 0 bridgehead atoms. The molecule has 5 nitrogen and oxygen atoms in total. The van der Waals surface area contributed by atoms with Crippen molar-refractivity contribution in [2.75, 3.05) is 20.2 Å². The van der Waals surface area contributed by atoms with Crippen LogP contribution in [0.3, 0.4) is 0 Å². The van der Waals surface area contributed by atoms with Crippen LogP contribution in [0, 0.1) is 5.92 Å². The molecule has 1 atom stereocenters. The fourth-order valence-corrected chi connectivity index (χ4v) is 3.93. The predicted molar refractivity (Wildman–Crippen MR) is 81.9 cm³/mol. The van der Waals surface area contributed by atoms with E-state index < -0.39 is 0 Å². The molecule has 1 saturated heterocycles. The number of aromatic nitrogens is 3. The first kappa shape index (κ1) is 15.0. The molecule has 2 heterocycles. The van der Waals surface area contributed by atoms with Crippen molar-refractivity contribution >= 4 is 0 Å². The number of hydrogen-bond acceptors (Lipinski definition) is 4. The molecular formula is C16H28N4O. The van der Waals surface area contributed by atoms with Crippen molar-refractivity contribution in [3.63, 3.8) is 0 Å². The van der Waals surface area contributed by atoms with Crippen LogP contribution in [0.2, 0.25) is 0 Å². The van der Waals surface area contributed by atoms with Crippen molar-refractivity contribution < 1.29 is 4.74 Å². The van der Waals surface area contributed by atoms with Crippen LogP contribution in [0.5, 0.6) is 0 Å². The van der Waals surface area contributed by atoms with Gasteiger partial charge in [-0.15, -0.1) is 5.10 Å². The van der Waals surface area contributed by atoms with E-state index in [1.165, 1.54) is 58.0 Å². The SMILES string of the molecule is COCc1cn(CC2CCCN(C3CCCCC3)C2)nn1. The number of methoxy groups -OCH3 is 1. The first-order chi connectivity index (χ1) is 10.3. The lowest BCUT2D eigenvalue weighted by Crippen LogP contribution is -2.44. The van der Waals surface area contributed by atoms with Gasteiger partial charge in [0.1, 0.15) is 5.69 Å². The highest BCUT2D eigenvalue weighted by molar-refractivity contribution is 4.90. The standard InChI is InChI=1S/C16H28N4O/c1-21-13-15-12-20(18-17-15)11-14-6-5-9-19(10-14)16-7-3-2-4-8-16/h12,14,16H,2-11,13H2,1H3. The number of rotatable bonds is 5. The zero-order valence-electron chi connectivity index (χ0n) is 13.2. The first-order valence-corrected chi connectivity index (χ1v) is 8.47. The Kier molecular flexibility index (Phi) is 5.25. The average Bonchev–Trinajstić information content (AvgIpc) is 2.96. The van der Waals surface area contributed by atoms with E-state index in [0.29, 0.717) is 6.61 Å². The molecule has 0 amide bonds. The Morgan fingerprint density at radius 2 is 2.05 bits per heavy atom. The lowest BCUT2D eigenvalue weighted by atomic mass is 9.90. The van der Waals surface area contributed by atoms with Crippen molar-refractivity contribution in [2.24, 2.45) is 5.92 Å². The van der Waals surface area contributed by atoms with E-state index in [2.05, 4.69) is 15.2 Å². The summed E-state index contributed by atoms with van der Waals surface area (Å²) in [6.07, 6.45) is 11.8. The second-order valence-corrected chi connectivity index (χ2v) is 6.66. The van der Waals surface area contributed by atoms with Gasteiger partial charge >= 0.3 is 0 Å². The van der Waals surface area contributed by atoms with Gasteiger partial charge in [0.25, 0.3) is 0 Å². The largest absolute Gasteiger partial charge is 0.378 e. The predicted octanol–water partition coefficient (Wildman–Crippen LogP) is 2.47. The third kappa shape index (κ3) is 4.04. The summed E-state index contributed by atoms with van der Waals surface area (Å²) in [5.41, 5.74) is 0.928. The number of hydrogen-bond donors (Lipinski definition) is 0. The molecule has 1 saturated carbocycles. The van der Waals surface area contributed by atoms with Crippen LogP contribution < -0.4 is 0 Å². The van der Waals surface area contributed by atoms with Gasteiger partial charge in [-0.3, -0.25) is 4.68 Å². The summed E-state index contributed by atoms with van der Waals surface area (Å²) in [6.45, 7) is 4.09. The zero-order chi connectivity index (χ0) is 14.5. The summed E-state index contributed by atoms with van der Waals surface area (Å²) in [5.74, 6) is 0.720. The van der Waals surface area contributed by atoms with Crippen LogP contribution in [0.4, 0.5) is 0 Å². The van der Waals surface area contributed by atoms with Gasteiger partial charge in [0.2, 0.25) is 0 Å². The maximum Gasteiger partial charge on any atom is 0.108 e. The van der Waals surface area contributed by atoms with E-state index in [1.54, 1.807) is 7.11 Å². The molecule has 2 aliphatic rings. The molecule has 0 aromatic carbocycles. The van der Waals surface area contributed by atoms with Crippen LogP contribution >= 0.6 is 0 Å². The van der Waals surface area contributed by atoms with E-state index in [-0.39, 0.29) is 0 Å². The Morgan fingerprint density at radius 1 is 1.19 bits per heavy atom. The van der Waals surface area contributed by atoms with Gasteiger partial charge in [0.05, 0.1) is 12.8 Å². The third-order valence-electron chi connectivity index (χ3n) is 4.97. The smallest absolute Gasteiger partial charge is 0.108 e. The summed E-state index contributed by atoms with van der Waals surface area (Å²) in [4.78, 5) is 2.75. The Balaban J connectivity index is 1.52. The second-order valence-electron chi connectivity index (χ2n) is 6.66. The van der Waals surface area contributed by atoms with Crippen molar-refractivity contribution in [1.29, 1.82) is 0 Å². The van der Waals surface area contributed by atoms with Crippen LogP contribution in [-0.2, 0) is 17.9 Å². The van der Waals surface area contributed by atoms with Gasteiger partial charge in [-0.25, -0.2) is 0 Å². The Bertz CT molecular complexity index is 428. The highest BCUT2D eigenvalue weighted by Crippen LogP contribution is 2.27. The Hall–Kier alpha value is -0.940. The van der Waals surface area contributed by atoms with Crippen LogP contribution in [-0.4, -0.2) is 46.1 Å². The van der Waals surface area contributed by atoms with Crippen LogP contribution in [0.25, 0.3) is 0 Å². The van der Waals surface area contributed by atoms with Gasteiger partial charge in [-0.05, 0) is 38.1 Å². The topological polar surface area (TPSA) is 43.2 Å². The van der Waals surface area contributed by atoms with E-state index in [9.17, 15) is 0 Å². The van der Waals surface area contributed by atoms with E-state index in [4.69, 9.17) is 4.74 Å². The minimum Gasteiger partial charge on any atom is -0.378 e. The number of piperidine rings is 1. The monoisotopic (exact) mass is 292 g/mol. The number of likely N-dealkylation sites (tertiary alicyclic amines) is 1. The minimum absolute atomic E-state index is 0.554. The molecule has 1 aliphatic carbocycles. The van der Waals surface area contributed by atoms with E-state index >= 15 is 0 Å². The van der Waals surface area contributed by atoms with Gasteiger partial charge in [0, 0.05) is 26.2 Å². The molecule has 5 heteroatoms. The summed E-state index contributed by atoms with van der Waals surface area (Å²) >= 11 is 0. The lowest BCUT2D eigenvalue weighted by Gasteiger charge is -2.40. The molecule has 21 heavy (non-hydrogen) atoms. The fourth-order valence-electron chi connectivity index (χ4n) is 3.93. The van der Waals surface area contributed by atoms with Gasteiger partial charge < -0.3 is 9.64 Å². The van der Waals surface area contributed by atoms with Crippen molar-refractivity contribution in [2.45, 2.75) is 64.1 Å². The number of ether oxygens (including phenoxy) is 1. The molecule has 1 aliphatic heterocycles. The van der Waals surface area contributed by atoms with Crippen molar-refractivity contribution in [1.82, 2.24) is 19.9 Å². The molecular weight excluding hydrogens is 264 g/mol. The first-order valence-electron chi connectivity index (χ1n) is 8.47. The summed E-state index contributed by atoms with van der Waals surface area (Å²) < 4.78 is 7.11. The van der Waals surface area contributed by atoms with E-state index in [0.717, 1.165) is 24.2 Å².